The number of benzene rings is 2. The van der Waals surface area contributed by atoms with E-state index in [1.54, 1.807) is 4.90 Å². The Balaban J connectivity index is 1.97. The molecule has 0 radical (unpaired) electrons. The molecule has 0 saturated carbocycles. The molecule has 118 valence electrons. The zero-order valence-corrected chi connectivity index (χ0v) is 14.4. The van der Waals surface area contributed by atoms with Crippen LogP contribution in [0.4, 0.5) is 5.13 Å². The molecule has 0 spiro atoms. The van der Waals surface area contributed by atoms with Crippen molar-refractivity contribution in [2.24, 2.45) is 0 Å². The molecule has 0 atom stereocenters. The highest BCUT2D eigenvalue weighted by atomic mass is 35.5. The summed E-state index contributed by atoms with van der Waals surface area (Å²) in [5.74, 6) is 0.0986. The van der Waals surface area contributed by atoms with Gasteiger partial charge in [-0.3, -0.25) is 9.69 Å². The fourth-order valence-corrected chi connectivity index (χ4v) is 3.64. The van der Waals surface area contributed by atoms with Gasteiger partial charge in [0, 0.05) is 11.4 Å². The second-order valence-corrected chi connectivity index (χ2v) is 6.77. The number of amides is 1. The first kappa shape index (κ1) is 16.0. The van der Waals surface area contributed by atoms with Gasteiger partial charge in [-0.1, -0.05) is 60.2 Å². The van der Waals surface area contributed by atoms with Crippen molar-refractivity contribution >= 4 is 44.2 Å². The number of thiazole rings is 1. The molecule has 23 heavy (non-hydrogen) atoms. The average molecular weight is 345 g/mol. The highest BCUT2D eigenvalue weighted by molar-refractivity contribution is 7.22. The predicted octanol–water partition coefficient (Wildman–Crippen LogP) is 5.28. The van der Waals surface area contributed by atoms with E-state index in [4.69, 9.17) is 11.6 Å². The van der Waals surface area contributed by atoms with Crippen molar-refractivity contribution in [1.82, 2.24) is 4.98 Å². The van der Waals surface area contributed by atoms with Gasteiger partial charge >= 0.3 is 0 Å². The number of aromatic nitrogens is 1. The van der Waals surface area contributed by atoms with Crippen molar-refractivity contribution in [3.63, 3.8) is 0 Å². The topological polar surface area (TPSA) is 33.2 Å². The van der Waals surface area contributed by atoms with Crippen LogP contribution >= 0.6 is 22.9 Å². The maximum absolute atomic E-state index is 12.6. The number of hydrogen-bond acceptors (Lipinski definition) is 3. The lowest BCUT2D eigenvalue weighted by Crippen LogP contribution is -2.29. The largest absolute Gasteiger partial charge is 0.284 e. The summed E-state index contributed by atoms with van der Waals surface area (Å²) in [4.78, 5) is 19.0. The van der Waals surface area contributed by atoms with Crippen molar-refractivity contribution in [3.05, 3.63) is 59.1 Å². The minimum atomic E-state index is 0.0986. The van der Waals surface area contributed by atoms with Gasteiger partial charge < -0.3 is 0 Å². The van der Waals surface area contributed by atoms with Crippen molar-refractivity contribution in [3.8, 4) is 0 Å². The third-order valence-electron chi connectivity index (χ3n) is 3.52. The van der Waals surface area contributed by atoms with E-state index in [1.807, 2.05) is 55.5 Å². The van der Waals surface area contributed by atoms with Crippen molar-refractivity contribution < 1.29 is 4.79 Å². The third-order valence-corrected chi connectivity index (χ3v) is 4.79. The fourth-order valence-electron chi connectivity index (χ4n) is 2.38. The highest BCUT2D eigenvalue weighted by Crippen LogP contribution is 2.32. The van der Waals surface area contributed by atoms with Gasteiger partial charge in [-0.15, -0.1) is 0 Å². The highest BCUT2D eigenvalue weighted by Gasteiger charge is 2.19. The van der Waals surface area contributed by atoms with Crippen molar-refractivity contribution in [1.29, 1.82) is 0 Å². The van der Waals surface area contributed by atoms with E-state index in [0.717, 1.165) is 27.3 Å². The number of fused-ring (bicyclic) bond motifs is 1. The minimum Gasteiger partial charge on any atom is -0.284 e. The van der Waals surface area contributed by atoms with Crippen LogP contribution in [0.25, 0.3) is 10.2 Å². The molecule has 0 aliphatic rings. The zero-order valence-electron chi connectivity index (χ0n) is 12.8. The molecule has 0 saturated heterocycles. The Labute approximate surface area is 144 Å². The molecule has 3 nitrogen and oxygen atoms in total. The van der Waals surface area contributed by atoms with Gasteiger partial charge in [0.2, 0.25) is 5.91 Å². The van der Waals surface area contributed by atoms with E-state index in [-0.39, 0.29) is 5.91 Å². The van der Waals surface area contributed by atoms with E-state index in [0.29, 0.717) is 18.0 Å². The molecule has 1 aromatic heterocycles. The van der Waals surface area contributed by atoms with E-state index in [2.05, 4.69) is 4.98 Å². The Morgan fingerprint density at radius 3 is 2.74 bits per heavy atom. The van der Waals surface area contributed by atoms with E-state index >= 15 is 0 Å². The van der Waals surface area contributed by atoms with Crippen LogP contribution in [-0.4, -0.2) is 10.9 Å². The van der Waals surface area contributed by atoms with Gasteiger partial charge in [-0.25, -0.2) is 4.98 Å². The van der Waals surface area contributed by atoms with E-state index < -0.39 is 0 Å². The molecule has 0 unspecified atom stereocenters. The number of anilines is 1. The summed E-state index contributed by atoms with van der Waals surface area (Å²) in [6, 6.07) is 15.6. The molecular formula is C18H17ClN2OS. The Hall–Kier alpha value is -1.91. The molecule has 0 aliphatic carbocycles. The van der Waals surface area contributed by atoms with Crippen LogP contribution < -0.4 is 4.90 Å². The lowest BCUT2D eigenvalue weighted by molar-refractivity contribution is -0.118. The first-order valence-corrected chi connectivity index (χ1v) is 8.77. The fraction of sp³-hybridized carbons (Fsp3) is 0.222. The van der Waals surface area contributed by atoms with Crippen molar-refractivity contribution in [2.75, 3.05) is 4.90 Å². The summed E-state index contributed by atoms with van der Waals surface area (Å²) in [6.07, 6.45) is 1.34. The van der Waals surface area contributed by atoms with E-state index in [9.17, 15) is 4.79 Å². The molecule has 3 rings (SSSR count). The maximum Gasteiger partial charge on any atom is 0.229 e. The summed E-state index contributed by atoms with van der Waals surface area (Å²) in [7, 11) is 0. The summed E-state index contributed by atoms with van der Waals surface area (Å²) in [6.45, 7) is 2.55. The summed E-state index contributed by atoms with van der Waals surface area (Å²) >= 11 is 7.55. The first-order chi connectivity index (χ1) is 11.2. The molecule has 2 aromatic carbocycles. The molecule has 1 heterocycles. The Bertz CT molecular complexity index is 816. The molecule has 0 aliphatic heterocycles. The Morgan fingerprint density at radius 1 is 1.22 bits per heavy atom. The minimum absolute atomic E-state index is 0.0986. The average Bonchev–Trinajstić information content (AvgIpc) is 2.96. The van der Waals surface area contributed by atoms with Gasteiger partial charge in [0.05, 0.1) is 16.8 Å². The first-order valence-electron chi connectivity index (χ1n) is 7.57. The smallest absolute Gasteiger partial charge is 0.229 e. The van der Waals surface area contributed by atoms with Gasteiger partial charge in [0.1, 0.15) is 0 Å². The zero-order chi connectivity index (χ0) is 16.2. The molecule has 0 fully saturated rings. The number of carbonyl (C=O) groups is 1. The van der Waals surface area contributed by atoms with Crippen LogP contribution in [0.5, 0.6) is 0 Å². The third kappa shape index (κ3) is 3.71. The Kier molecular flexibility index (Phi) is 4.94. The predicted molar refractivity (Wildman–Crippen MR) is 97.2 cm³/mol. The van der Waals surface area contributed by atoms with Crippen molar-refractivity contribution in [2.45, 2.75) is 26.3 Å². The quantitative estimate of drug-likeness (QED) is 0.630. The second-order valence-electron chi connectivity index (χ2n) is 5.32. The van der Waals surface area contributed by atoms with Crippen LogP contribution in [0.15, 0.2) is 48.5 Å². The normalized spacial score (nSPS) is 10.9. The number of carbonyl (C=O) groups excluding carboxylic acids is 1. The van der Waals surface area contributed by atoms with Crippen LogP contribution in [0.2, 0.25) is 5.02 Å². The summed E-state index contributed by atoms with van der Waals surface area (Å²) in [5, 5.41) is 1.41. The lowest BCUT2D eigenvalue weighted by Gasteiger charge is -2.19. The van der Waals surface area contributed by atoms with Gasteiger partial charge in [-0.05, 0) is 30.2 Å². The van der Waals surface area contributed by atoms with Gasteiger partial charge in [0.15, 0.2) is 5.13 Å². The molecule has 3 aromatic rings. The monoisotopic (exact) mass is 344 g/mol. The SMILES string of the molecule is CCCC(=O)N(Cc1ccccc1)c1nc2ccc(Cl)cc2s1. The molecule has 0 bridgehead atoms. The number of rotatable bonds is 5. The van der Waals surface area contributed by atoms with Crippen LogP contribution in [0, 0.1) is 0 Å². The molecule has 1 amide bonds. The lowest BCUT2D eigenvalue weighted by atomic mass is 10.2. The number of halogens is 1. The molecule has 5 heteroatoms. The molecular weight excluding hydrogens is 328 g/mol. The van der Waals surface area contributed by atoms with E-state index in [1.165, 1.54) is 11.3 Å². The standard InChI is InChI=1S/C18H17ClN2OS/c1-2-6-17(22)21(12-13-7-4-3-5-8-13)18-20-15-10-9-14(19)11-16(15)23-18/h3-5,7-11H,2,6,12H2,1H3. The number of hydrogen-bond donors (Lipinski definition) is 0. The molecule has 0 N–H and O–H groups in total. The Morgan fingerprint density at radius 2 is 2.00 bits per heavy atom. The summed E-state index contributed by atoms with van der Waals surface area (Å²) < 4.78 is 0.995. The van der Waals surface area contributed by atoms with Crippen LogP contribution in [0.3, 0.4) is 0 Å². The van der Waals surface area contributed by atoms with Gasteiger partial charge in [-0.2, -0.15) is 0 Å². The number of nitrogens with zero attached hydrogens (tertiary/aromatic N) is 2. The van der Waals surface area contributed by atoms with Crippen LogP contribution in [-0.2, 0) is 11.3 Å². The van der Waals surface area contributed by atoms with Gasteiger partial charge in [0.25, 0.3) is 0 Å². The maximum atomic E-state index is 12.6. The summed E-state index contributed by atoms with van der Waals surface area (Å²) in [5.41, 5.74) is 1.96. The second kappa shape index (κ2) is 7.11. The van der Waals surface area contributed by atoms with Crippen LogP contribution in [0.1, 0.15) is 25.3 Å².